The Hall–Kier alpha value is -1.68. The molecule has 0 aliphatic heterocycles. The summed E-state index contributed by atoms with van der Waals surface area (Å²) in [4.78, 5) is 22.5. The molecular formula is C11H12O4. The summed E-state index contributed by atoms with van der Waals surface area (Å²) in [6, 6.07) is 8.02. The van der Waals surface area contributed by atoms with Crippen molar-refractivity contribution in [3.8, 4) is 0 Å². The van der Waals surface area contributed by atoms with Gasteiger partial charge in [-0.15, -0.1) is 0 Å². The summed E-state index contributed by atoms with van der Waals surface area (Å²) in [6.07, 6.45) is 0. The number of carboxylic acid groups (broad SMARTS) is 1. The van der Waals surface area contributed by atoms with Gasteiger partial charge in [0.25, 0.3) is 0 Å². The van der Waals surface area contributed by atoms with Crippen LogP contribution in [0.3, 0.4) is 0 Å². The van der Waals surface area contributed by atoms with Crippen LogP contribution in [0.2, 0.25) is 0 Å². The van der Waals surface area contributed by atoms with E-state index < -0.39 is 23.8 Å². The van der Waals surface area contributed by atoms with E-state index in [1.54, 1.807) is 18.2 Å². The van der Waals surface area contributed by atoms with Crippen molar-refractivity contribution in [2.24, 2.45) is 0 Å². The van der Waals surface area contributed by atoms with Crippen LogP contribution in [-0.4, -0.2) is 28.6 Å². The number of aliphatic carboxylic acids is 1. The van der Waals surface area contributed by atoms with Crippen LogP contribution in [0.1, 0.15) is 12.5 Å². The van der Waals surface area contributed by atoms with Gasteiger partial charge in [-0.3, -0.25) is 9.59 Å². The fourth-order valence-corrected chi connectivity index (χ4v) is 1.47. The van der Waals surface area contributed by atoms with Crippen molar-refractivity contribution in [2.45, 2.75) is 12.3 Å². The standard InChI is InChI=1S/C11H12O4/c1-8(13)11(7-12,10(14)15)9-5-3-2-4-6-9/h2-6,12H,7H2,1H3,(H,14,15). The zero-order chi connectivity index (χ0) is 11.5. The van der Waals surface area contributed by atoms with Gasteiger partial charge in [-0.25, -0.2) is 0 Å². The minimum atomic E-state index is -1.83. The Labute approximate surface area is 87.2 Å². The molecule has 1 aromatic rings. The van der Waals surface area contributed by atoms with E-state index in [9.17, 15) is 9.59 Å². The maximum atomic E-state index is 11.4. The summed E-state index contributed by atoms with van der Waals surface area (Å²) in [5, 5.41) is 18.2. The monoisotopic (exact) mass is 208 g/mol. The number of aliphatic hydroxyl groups is 1. The van der Waals surface area contributed by atoms with Gasteiger partial charge in [0.2, 0.25) is 0 Å². The fraction of sp³-hybridized carbons (Fsp3) is 0.273. The van der Waals surface area contributed by atoms with Gasteiger partial charge in [0.15, 0.2) is 11.2 Å². The third-order valence-electron chi connectivity index (χ3n) is 2.47. The van der Waals surface area contributed by atoms with Crippen LogP contribution in [0, 0.1) is 0 Å². The van der Waals surface area contributed by atoms with Gasteiger partial charge in [-0.2, -0.15) is 0 Å². The number of carboxylic acids is 1. The summed E-state index contributed by atoms with van der Waals surface area (Å²) >= 11 is 0. The fourth-order valence-electron chi connectivity index (χ4n) is 1.47. The van der Waals surface area contributed by atoms with Gasteiger partial charge in [0, 0.05) is 0 Å². The average molecular weight is 208 g/mol. The minimum Gasteiger partial charge on any atom is -0.480 e. The molecule has 4 nitrogen and oxygen atoms in total. The molecule has 0 saturated heterocycles. The average Bonchev–Trinajstić information content (AvgIpc) is 2.20. The van der Waals surface area contributed by atoms with E-state index in [1.807, 2.05) is 0 Å². The van der Waals surface area contributed by atoms with Crippen LogP contribution >= 0.6 is 0 Å². The number of rotatable bonds is 4. The summed E-state index contributed by atoms with van der Waals surface area (Å²) in [7, 11) is 0. The number of aliphatic hydroxyl groups excluding tert-OH is 1. The molecule has 1 unspecified atom stereocenters. The van der Waals surface area contributed by atoms with E-state index in [0.717, 1.165) is 6.92 Å². The Morgan fingerprint density at radius 1 is 1.27 bits per heavy atom. The highest BCUT2D eigenvalue weighted by atomic mass is 16.4. The van der Waals surface area contributed by atoms with Crippen molar-refractivity contribution >= 4 is 11.8 Å². The Morgan fingerprint density at radius 3 is 2.13 bits per heavy atom. The van der Waals surface area contributed by atoms with Gasteiger partial charge in [0.1, 0.15) is 0 Å². The van der Waals surface area contributed by atoms with E-state index in [-0.39, 0.29) is 0 Å². The van der Waals surface area contributed by atoms with Gasteiger partial charge >= 0.3 is 5.97 Å². The Kier molecular flexibility index (Phi) is 3.21. The van der Waals surface area contributed by atoms with Crippen LogP contribution in [-0.2, 0) is 15.0 Å². The lowest BCUT2D eigenvalue weighted by molar-refractivity contribution is -0.150. The van der Waals surface area contributed by atoms with E-state index in [0.29, 0.717) is 5.56 Å². The number of carbonyl (C=O) groups excluding carboxylic acids is 1. The molecule has 0 fully saturated rings. The Morgan fingerprint density at radius 2 is 1.80 bits per heavy atom. The third kappa shape index (κ3) is 1.76. The zero-order valence-corrected chi connectivity index (χ0v) is 8.30. The van der Waals surface area contributed by atoms with Crippen molar-refractivity contribution in [1.29, 1.82) is 0 Å². The maximum Gasteiger partial charge on any atom is 0.324 e. The molecule has 15 heavy (non-hydrogen) atoms. The Balaban J connectivity index is 3.35. The molecule has 0 spiro atoms. The molecule has 0 aliphatic carbocycles. The predicted octanol–water partition coefficient (Wildman–Crippen LogP) is 0.590. The lowest BCUT2D eigenvalue weighted by atomic mass is 9.78. The molecule has 2 N–H and O–H groups in total. The first-order valence-corrected chi connectivity index (χ1v) is 4.46. The molecule has 0 bridgehead atoms. The quantitative estimate of drug-likeness (QED) is 0.710. The van der Waals surface area contributed by atoms with Gasteiger partial charge in [0.05, 0.1) is 6.61 Å². The second-order valence-electron chi connectivity index (χ2n) is 3.29. The molecule has 0 amide bonds. The lowest BCUT2D eigenvalue weighted by Gasteiger charge is -2.24. The van der Waals surface area contributed by atoms with Crippen molar-refractivity contribution < 1.29 is 19.8 Å². The molecule has 0 radical (unpaired) electrons. The van der Waals surface area contributed by atoms with Crippen LogP contribution in [0.5, 0.6) is 0 Å². The molecule has 4 heteroatoms. The Bertz CT molecular complexity index is 355. The van der Waals surface area contributed by atoms with Crippen LogP contribution in [0.4, 0.5) is 0 Å². The molecule has 1 aromatic carbocycles. The van der Waals surface area contributed by atoms with Gasteiger partial charge in [-0.05, 0) is 12.5 Å². The largest absolute Gasteiger partial charge is 0.480 e. The first-order chi connectivity index (χ1) is 7.05. The van der Waals surface area contributed by atoms with Crippen LogP contribution < -0.4 is 0 Å². The number of carbonyl (C=O) groups is 2. The number of Topliss-reactive ketones (excluding diaryl/α,β-unsaturated/α-hetero) is 1. The van der Waals surface area contributed by atoms with Crippen LogP contribution in [0.15, 0.2) is 30.3 Å². The number of ketones is 1. The third-order valence-corrected chi connectivity index (χ3v) is 2.47. The van der Waals surface area contributed by atoms with Crippen molar-refractivity contribution in [3.05, 3.63) is 35.9 Å². The highest BCUT2D eigenvalue weighted by Crippen LogP contribution is 2.25. The number of hydrogen-bond acceptors (Lipinski definition) is 3. The topological polar surface area (TPSA) is 74.6 Å². The molecular weight excluding hydrogens is 196 g/mol. The highest BCUT2D eigenvalue weighted by Gasteiger charge is 2.44. The minimum absolute atomic E-state index is 0.299. The summed E-state index contributed by atoms with van der Waals surface area (Å²) < 4.78 is 0. The van der Waals surface area contributed by atoms with Gasteiger partial charge in [-0.1, -0.05) is 30.3 Å². The molecule has 0 heterocycles. The number of hydrogen-bond donors (Lipinski definition) is 2. The summed E-state index contributed by atoms with van der Waals surface area (Å²) in [6.45, 7) is 0.430. The first-order valence-electron chi connectivity index (χ1n) is 4.46. The normalized spacial score (nSPS) is 14.3. The van der Waals surface area contributed by atoms with E-state index >= 15 is 0 Å². The maximum absolute atomic E-state index is 11.4. The van der Waals surface area contributed by atoms with E-state index in [1.165, 1.54) is 12.1 Å². The summed E-state index contributed by atoms with van der Waals surface area (Å²) in [5.74, 6) is -1.91. The molecule has 80 valence electrons. The summed E-state index contributed by atoms with van der Waals surface area (Å²) in [5.41, 5.74) is -1.53. The predicted molar refractivity (Wildman–Crippen MR) is 53.5 cm³/mol. The molecule has 1 atom stereocenters. The molecule has 0 saturated carbocycles. The number of benzene rings is 1. The lowest BCUT2D eigenvalue weighted by Crippen LogP contribution is -2.45. The van der Waals surface area contributed by atoms with Crippen molar-refractivity contribution in [2.75, 3.05) is 6.61 Å². The second kappa shape index (κ2) is 4.23. The molecule has 1 rings (SSSR count). The molecule has 0 aliphatic rings. The molecule has 0 aromatic heterocycles. The first kappa shape index (κ1) is 11.4. The van der Waals surface area contributed by atoms with Crippen molar-refractivity contribution in [1.82, 2.24) is 0 Å². The van der Waals surface area contributed by atoms with E-state index in [4.69, 9.17) is 10.2 Å². The van der Waals surface area contributed by atoms with Crippen molar-refractivity contribution in [3.63, 3.8) is 0 Å². The SMILES string of the molecule is CC(=O)C(CO)(C(=O)O)c1ccccc1. The zero-order valence-electron chi connectivity index (χ0n) is 8.30. The van der Waals surface area contributed by atoms with Gasteiger partial charge < -0.3 is 10.2 Å². The highest BCUT2D eigenvalue weighted by molar-refractivity contribution is 6.08. The van der Waals surface area contributed by atoms with E-state index in [2.05, 4.69) is 0 Å². The smallest absolute Gasteiger partial charge is 0.324 e. The second-order valence-corrected chi connectivity index (χ2v) is 3.29. The van der Waals surface area contributed by atoms with Crippen LogP contribution in [0.25, 0.3) is 0 Å².